The quantitative estimate of drug-likeness (QED) is 0.853. The van der Waals surface area contributed by atoms with Crippen molar-refractivity contribution >= 4 is 11.8 Å². The van der Waals surface area contributed by atoms with Gasteiger partial charge in [-0.2, -0.15) is 0 Å². The van der Waals surface area contributed by atoms with Crippen LogP contribution in [0.4, 0.5) is 0 Å². The first kappa shape index (κ1) is 14.3. The molecule has 22 heavy (non-hydrogen) atoms. The van der Waals surface area contributed by atoms with E-state index in [9.17, 15) is 14.7 Å². The first-order valence-electron chi connectivity index (χ1n) is 6.98. The molecule has 0 aliphatic carbocycles. The van der Waals surface area contributed by atoms with Crippen molar-refractivity contribution in [2.24, 2.45) is 0 Å². The molecular formula is C17H15NO4. The van der Waals surface area contributed by atoms with Crippen LogP contribution < -0.4 is 4.74 Å². The van der Waals surface area contributed by atoms with E-state index in [0.29, 0.717) is 16.9 Å². The minimum absolute atomic E-state index is 0.0113. The number of para-hydroxylation sites is 1. The minimum atomic E-state index is -0.942. The van der Waals surface area contributed by atoms with Crippen LogP contribution in [0.2, 0.25) is 0 Å². The molecule has 0 aromatic heterocycles. The predicted molar refractivity (Wildman–Crippen MR) is 79.8 cm³/mol. The summed E-state index contributed by atoms with van der Waals surface area (Å²) >= 11 is 0. The van der Waals surface area contributed by atoms with E-state index in [-0.39, 0.29) is 25.0 Å². The number of imide groups is 1. The van der Waals surface area contributed by atoms with Crippen LogP contribution in [0.3, 0.4) is 0 Å². The molecule has 0 bridgehead atoms. The molecule has 0 radical (unpaired) electrons. The number of hydrogen-bond acceptors (Lipinski definition) is 4. The van der Waals surface area contributed by atoms with Gasteiger partial charge in [-0.25, -0.2) is 0 Å². The minimum Gasteiger partial charge on any atom is -0.491 e. The molecule has 3 rings (SSSR count). The Morgan fingerprint density at radius 3 is 2.05 bits per heavy atom. The second-order valence-corrected chi connectivity index (χ2v) is 5.04. The third-order valence-electron chi connectivity index (χ3n) is 3.46. The Morgan fingerprint density at radius 2 is 1.45 bits per heavy atom. The molecule has 2 amide bonds. The van der Waals surface area contributed by atoms with E-state index in [2.05, 4.69) is 0 Å². The zero-order valence-electron chi connectivity index (χ0n) is 11.8. The standard InChI is InChI=1S/C17H15NO4/c19-12(11-22-13-6-2-1-3-7-13)10-18-16(20)14-8-4-5-9-15(14)17(18)21/h1-9,12,19H,10-11H2. The molecule has 1 atom stereocenters. The maximum atomic E-state index is 12.2. The number of aliphatic hydroxyl groups is 1. The zero-order valence-corrected chi connectivity index (χ0v) is 11.8. The van der Waals surface area contributed by atoms with Crippen LogP contribution in [-0.2, 0) is 0 Å². The Bertz CT molecular complexity index is 664. The van der Waals surface area contributed by atoms with Gasteiger partial charge in [0, 0.05) is 0 Å². The summed E-state index contributed by atoms with van der Waals surface area (Å²) < 4.78 is 5.43. The van der Waals surface area contributed by atoms with E-state index in [1.165, 1.54) is 0 Å². The summed E-state index contributed by atoms with van der Waals surface area (Å²) in [5.41, 5.74) is 0.757. The number of rotatable bonds is 5. The average molecular weight is 297 g/mol. The molecule has 112 valence electrons. The highest BCUT2D eigenvalue weighted by Crippen LogP contribution is 2.22. The number of hydrogen-bond donors (Lipinski definition) is 1. The lowest BCUT2D eigenvalue weighted by molar-refractivity contribution is 0.0457. The second kappa shape index (κ2) is 5.99. The molecule has 1 aliphatic heterocycles. The summed E-state index contributed by atoms with van der Waals surface area (Å²) in [7, 11) is 0. The van der Waals surface area contributed by atoms with Crippen LogP contribution in [0.25, 0.3) is 0 Å². The molecule has 0 saturated carbocycles. The van der Waals surface area contributed by atoms with E-state index >= 15 is 0 Å². The van der Waals surface area contributed by atoms with E-state index < -0.39 is 6.10 Å². The Labute approximate surface area is 127 Å². The lowest BCUT2D eigenvalue weighted by atomic mass is 10.1. The molecule has 0 fully saturated rings. The van der Waals surface area contributed by atoms with Gasteiger partial charge in [-0.15, -0.1) is 0 Å². The van der Waals surface area contributed by atoms with Crippen molar-refractivity contribution in [1.29, 1.82) is 0 Å². The number of carbonyl (C=O) groups excluding carboxylic acids is 2. The molecule has 1 aliphatic rings. The fourth-order valence-electron chi connectivity index (χ4n) is 2.38. The fourth-order valence-corrected chi connectivity index (χ4v) is 2.38. The van der Waals surface area contributed by atoms with E-state index in [0.717, 1.165) is 4.90 Å². The van der Waals surface area contributed by atoms with Crippen molar-refractivity contribution in [2.75, 3.05) is 13.2 Å². The van der Waals surface area contributed by atoms with Gasteiger partial charge in [0.2, 0.25) is 0 Å². The summed E-state index contributed by atoms with van der Waals surface area (Å²) in [5.74, 6) is -0.123. The highest BCUT2D eigenvalue weighted by atomic mass is 16.5. The topological polar surface area (TPSA) is 66.8 Å². The summed E-state index contributed by atoms with van der Waals surface area (Å²) in [6.45, 7) is -0.0728. The van der Waals surface area contributed by atoms with Gasteiger partial charge in [0.1, 0.15) is 18.5 Å². The largest absolute Gasteiger partial charge is 0.491 e. The highest BCUT2D eigenvalue weighted by Gasteiger charge is 2.36. The first-order chi connectivity index (χ1) is 10.7. The number of benzene rings is 2. The van der Waals surface area contributed by atoms with Gasteiger partial charge in [0.05, 0.1) is 17.7 Å². The van der Waals surface area contributed by atoms with E-state index in [1.807, 2.05) is 18.2 Å². The number of aliphatic hydroxyl groups excluding tert-OH is 1. The molecule has 0 saturated heterocycles. The lowest BCUT2D eigenvalue weighted by Gasteiger charge is -2.18. The van der Waals surface area contributed by atoms with Crippen LogP contribution in [0.15, 0.2) is 54.6 Å². The number of nitrogens with zero attached hydrogens (tertiary/aromatic N) is 1. The Morgan fingerprint density at radius 1 is 0.909 bits per heavy atom. The van der Waals surface area contributed by atoms with Crippen LogP contribution in [0, 0.1) is 0 Å². The smallest absolute Gasteiger partial charge is 0.261 e. The highest BCUT2D eigenvalue weighted by molar-refractivity contribution is 6.21. The van der Waals surface area contributed by atoms with Crippen LogP contribution in [0.5, 0.6) is 5.75 Å². The van der Waals surface area contributed by atoms with Crippen LogP contribution in [-0.4, -0.2) is 41.1 Å². The third-order valence-corrected chi connectivity index (χ3v) is 3.46. The molecule has 5 heteroatoms. The average Bonchev–Trinajstić information content (AvgIpc) is 2.79. The van der Waals surface area contributed by atoms with Gasteiger partial charge in [0.25, 0.3) is 11.8 Å². The Kier molecular flexibility index (Phi) is 3.89. The summed E-state index contributed by atoms with van der Waals surface area (Å²) in [6.07, 6.45) is -0.942. The molecule has 2 aromatic rings. The van der Waals surface area contributed by atoms with Gasteiger partial charge in [-0.1, -0.05) is 30.3 Å². The lowest BCUT2D eigenvalue weighted by Crippen LogP contribution is -2.39. The fraction of sp³-hybridized carbons (Fsp3) is 0.176. The van der Waals surface area contributed by atoms with E-state index in [1.54, 1.807) is 36.4 Å². The van der Waals surface area contributed by atoms with Gasteiger partial charge in [-0.3, -0.25) is 14.5 Å². The summed E-state index contributed by atoms with van der Waals surface area (Å²) in [6, 6.07) is 15.7. The molecule has 1 unspecified atom stereocenters. The molecule has 0 spiro atoms. The maximum Gasteiger partial charge on any atom is 0.261 e. The summed E-state index contributed by atoms with van der Waals surface area (Å²) in [4.78, 5) is 25.4. The molecule has 2 aromatic carbocycles. The molecule has 1 N–H and O–H groups in total. The van der Waals surface area contributed by atoms with Crippen LogP contribution >= 0.6 is 0 Å². The van der Waals surface area contributed by atoms with Crippen molar-refractivity contribution < 1.29 is 19.4 Å². The SMILES string of the molecule is O=C1c2ccccc2C(=O)N1CC(O)COc1ccccc1. The van der Waals surface area contributed by atoms with Crippen molar-refractivity contribution in [3.05, 3.63) is 65.7 Å². The second-order valence-electron chi connectivity index (χ2n) is 5.04. The maximum absolute atomic E-state index is 12.2. The number of fused-ring (bicyclic) bond motifs is 1. The first-order valence-corrected chi connectivity index (χ1v) is 6.98. The molecular weight excluding hydrogens is 282 g/mol. The van der Waals surface area contributed by atoms with E-state index in [4.69, 9.17) is 4.74 Å². The molecule has 1 heterocycles. The van der Waals surface area contributed by atoms with Gasteiger partial charge in [0.15, 0.2) is 0 Å². The van der Waals surface area contributed by atoms with Crippen LogP contribution in [0.1, 0.15) is 20.7 Å². The number of β-amino-alcohol motifs (C(OH)–C–C–N with tert-alkyl or cyclic N) is 1. The predicted octanol–water partition coefficient (Wildman–Crippen LogP) is 1.72. The summed E-state index contributed by atoms with van der Waals surface area (Å²) in [5, 5.41) is 10.0. The van der Waals surface area contributed by atoms with Gasteiger partial charge in [-0.05, 0) is 24.3 Å². The number of carbonyl (C=O) groups is 2. The van der Waals surface area contributed by atoms with Crippen molar-refractivity contribution in [3.63, 3.8) is 0 Å². The molecule has 5 nitrogen and oxygen atoms in total. The zero-order chi connectivity index (χ0) is 15.5. The van der Waals surface area contributed by atoms with Crippen molar-refractivity contribution in [1.82, 2.24) is 4.90 Å². The Hall–Kier alpha value is -2.66. The van der Waals surface area contributed by atoms with Crippen molar-refractivity contribution in [2.45, 2.75) is 6.10 Å². The monoisotopic (exact) mass is 297 g/mol. The third kappa shape index (κ3) is 2.71. The van der Waals surface area contributed by atoms with Gasteiger partial charge < -0.3 is 9.84 Å². The Balaban J connectivity index is 1.62. The van der Waals surface area contributed by atoms with Gasteiger partial charge >= 0.3 is 0 Å². The normalized spacial score (nSPS) is 14.9. The van der Waals surface area contributed by atoms with Crippen molar-refractivity contribution in [3.8, 4) is 5.75 Å². The number of ether oxygens (including phenoxy) is 1. The number of amides is 2.